The SMILES string of the molecule is CC1COCCN1C(=O)C(C)(C)c1ccc(N)cc1. The standard InChI is InChI=1S/C15H22N2O2/c1-11-10-19-9-8-17(11)14(18)15(2,3)12-4-6-13(16)7-5-12/h4-7,11H,8-10,16H2,1-3H3. The first-order valence-electron chi connectivity index (χ1n) is 6.68. The summed E-state index contributed by atoms with van der Waals surface area (Å²) in [5, 5.41) is 0. The largest absolute Gasteiger partial charge is 0.399 e. The molecule has 0 radical (unpaired) electrons. The van der Waals surface area contributed by atoms with E-state index in [9.17, 15) is 4.79 Å². The molecule has 1 aromatic carbocycles. The van der Waals surface area contributed by atoms with Crippen LogP contribution < -0.4 is 5.73 Å². The van der Waals surface area contributed by atoms with Crippen LogP contribution in [0.15, 0.2) is 24.3 Å². The molecule has 0 saturated carbocycles. The second kappa shape index (κ2) is 5.21. The quantitative estimate of drug-likeness (QED) is 0.827. The number of benzene rings is 1. The van der Waals surface area contributed by atoms with Gasteiger partial charge in [0.2, 0.25) is 5.91 Å². The van der Waals surface area contributed by atoms with E-state index in [1.807, 2.05) is 49.9 Å². The van der Waals surface area contributed by atoms with Crippen LogP contribution in [0.4, 0.5) is 5.69 Å². The van der Waals surface area contributed by atoms with E-state index in [0.717, 1.165) is 5.56 Å². The summed E-state index contributed by atoms with van der Waals surface area (Å²) in [6.45, 7) is 7.85. The summed E-state index contributed by atoms with van der Waals surface area (Å²) in [5.74, 6) is 0.146. The van der Waals surface area contributed by atoms with Gasteiger partial charge in [0, 0.05) is 12.2 Å². The third-order valence-electron chi connectivity index (χ3n) is 3.80. The fourth-order valence-corrected chi connectivity index (χ4v) is 2.41. The van der Waals surface area contributed by atoms with Crippen molar-refractivity contribution in [1.29, 1.82) is 0 Å². The topological polar surface area (TPSA) is 55.6 Å². The molecule has 1 aromatic rings. The number of ether oxygens (including phenoxy) is 1. The lowest BCUT2D eigenvalue weighted by molar-refractivity contribution is -0.144. The summed E-state index contributed by atoms with van der Waals surface area (Å²) >= 11 is 0. The highest BCUT2D eigenvalue weighted by Gasteiger charge is 2.36. The van der Waals surface area contributed by atoms with Crippen LogP contribution in [-0.2, 0) is 14.9 Å². The zero-order valence-electron chi connectivity index (χ0n) is 11.8. The molecule has 0 aromatic heterocycles. The van der Waals surface area contributed by atoms with Crippen LogP contribution >= 0.6 is 0 Å². The summed E-state index contributed by atoms with van der Waals surface area (Å²) in [4.78, 5) is 14.7. The smallest absolute Gasteiger partial charge is 0.233 e. The van der Waals surface area contributed by atoms with E-state index < -0.39 is 5.41 Å². The van der Waals surface area contributed by atoms with Gasteiger partial charge < -0.3 is 15.4 Å². The third kappa shape index (κ3) is 2.73. The Bertz CT molecular complexity index is 454. The lowest BCUT2D eigenvalue weighted by atomic mass is 9.82. The van der Waals surface area contributed by atoms with Gasteiger partial charge in [-0.3, -0.25) is 4.79 Å². The Balaban J connectivity index is 2.22. The lowest BCUT2D eigenvalue weighted by Gasteiger charge is -2.38. The van der Waals surface area contributed by atoms with Gasteiger partial charge in [-0.1, -0.05) is 12.1 Å². The number of amides is 1. The summed E-state index contributed by atoms with van der Waals surface area (Å²) in [6, 6.07) is 7.67. The average molecular weight is 262 g/mol. The predicted molar refractivity (Wildman–Crippen MR) is 75.9 cm³/mol. The molecule has 19 heavy (non-hydrogen) atoms. The van der Waals surface area contributed by atoms with Gasteiger partial charge in [0.25, 0.3) is 0 Å². The molecule has 2 rings (SSSR count). The normalized spacial score (nSPS) is 20.4. The molecule has 1 aliphatic rings. The molecule has 1 unspecified atom stereocenters. The van der Waals surface area contributed by atoms with E-state index in [2.05, 4.69) is 0 Å². The molecule has 104 valence electrons. The van der Waals surface area contributed by atoms with Gasteiger partial charge in [-0.2, -0.15) is 0 Å². The number of carbonyl (C=O) groups is 1. The number of rotatable bonds is 2. The van der Waals surface area contributed by atoms with E-state index in [0.29, 0.717) is 25.4 Å². The molecular formula is C15H22N2O2. The van der Waals surface area contributed by atoms with Gasteiger partial charge in [0.1, 0.15) is 0 Å². The molecule has 4 heteroatoms. The van der Waals surface area contributed by atoms with Gasteiger partial charge in [-0.15, -0.1) is 0 Å². The molecule has 0 bridgehead atoms. The van der Waals surface area contributed by atoms with Crippen molar-refractivity contribution in [2.24, 2.45) is 0 Å². The van der Waals surface area contributed by atoms with Gasteiger partial charge in [-0.05, 0) is 38.5 Å². The zero-order valence-corrected chi connectivity index (χ0v) is 11.8. The number of morpholine rings is 1. The molecule has 1 heterocycles. The molecule has 4 nitrogen and oxygen atoms in total. The maximum Gasteiger partial charge on any atom is 0.233 e. The van der Waals surface area contributed by atoms with Crippen LogP contribution in [0.3, 0.4) is 0 Å². The fraction of sp³-hybridized carbons (Fsp3) is 0.533. The highest BCUT2D eigenvalue weighted by Crippen LogP contribution is 2.28. The van der Waals surface area contributed by atoms with Crippen LogP contribution in [0.5, 0.6) is 0 Å². The number of anilines is 1. The van der Waals surface area contributed by atoms with E-state index in [1.165, 1.54) is 0 Å². The number of hydrogen-bond donors (Lipinski definition) is 1. The molecule has 2 N–H and O–H groups in total. The van der Waals surface area contributed by atoms with Crippen LogP contribution in [0.1, 0.15) is 26.3 Å². The van der Waals surface area contributed by atoms with Crippen molar-refractivity contribution in [2.75, 3.05) is 25.5 Å². The Morgan fingerprint density at radius 3 is 2.58 bits per heavy atom. The number of nitrogens with two attached hydrogens (primary N) is 1. The Hall–Kier alpha value is -1.55. The van der Waals surface area contributed by atoms with Crippen LogP contribution in [0.2, 0.25) is 0 Å². The van der Waals surface area contributed by atoms with Crippen molar-refractivity contribution in [3.05, 3.63) is 29.8 Å². The Kier molecular flexibility index (Phi) is 3.80. The molecule has 1 aliphatic heterocycles. The second-order valence-electron chi connectivity index (χ2n) is 5.67. The van der Waals surface area contributed by atoms with Crippen molar-refractivity contribution in [1.82, 2.24) is 4.90 Å². The minimum atomic E-state index is -0.542. The Morgan fingerprint density at radius 1 is 1.37 bits per heavy atom. The molecule has 1 saturated heterocycles. The summed E-state index contributed by atoms with van der Waals surface area (Å²) in [7, 11) is 0. The van der Waals surface area contributed by atoms with Crippen molar-refractivity contribution in [3.8, 4) is 0 Å². The van der Waals surface area contributed by atoms with Gasteiger partial charge in [-0.25, -0.2) is 0 Å². The molecule has 1 atom stereocenters. The molecule has 0 spiro atoms. The number of carbonyl (C=O) groups excluding carboxylic acids is 1. The predicted octanol–water partition coefficient (Wildman–Crippen LogP) is 1.79. The number of nitrogens with zero attached hydrogens (tertiary/aromatic N) is 1. The van der Waals surface area contributed by atoms with Crippen LogP contribution in [0.25, 0.3) is 0 Å². The van der Waals surface area contributed by atoms with E-state index in [-0.39, 0.29) is 11.9 Å². The number of hydrogen-bond acceptors (Lipinski definition) is 3. The molecule has 0 aliphatic carbocycles. The minimum absolute atomic E-state index is 0.134. The fourth-order valence-electron chi connectivity index (χ4n) is 2.41. The molecule has 1 fully saturated rings. The van der Waals surface area contributed by atoms with Crippen molar-refractivity contribution in [3.63, 3.8) is 0 Å². The third-order valence-corrected chi connectivity index (χ3v) is 3.80. The van der Waals surface area contributed by atoms with Crippen molar-refractivity contribution in [2.45, 2.75) is 32.2 Å². The van der Waals surface area contributed by atoms with Gasteiger partial charge in [0.15, 0.2) is 0 Å². The second-order valence-corrected chi connectivity index (χ2v) is 5.67. The maximum absolute atomic E-state index is 12.8. The van der Waals surface area contributed by atoms with E-state index in [4.69, 9.17) is 10.5 Å². The summed E-state index contributed by atoms with van der Waals surface area (Å²) in [6.07, 6.45) is 0. The average Bonchev–Trinajstić information content (AvgIpc) is 2.39. The van der Waals surface area contributed by atoms with Crippen LogP contribution in [-0.4, -0.2) is 36.6 Å². The first-order chi connectivity index (χ1) is 8.93. The maximum atomic E-state index is 12.8. The van der Waals surface area contributed by atoms with Gasteiger partial charge >= 0.3 is 0 Å². The highest BCUT2D eigenvalue weighted by atomic mass is 16.5. The van der Waals surface area contributed by atoms with E-state index in [1.54, 1.807) is 0 Å². The number of nitrogen functional groups attached to an aromatic ring is 1. The van der Waals surface area contributed by atoms with Crippen LogP contribution in [0, 0.1) is 0 Å². The molecule has 1 amide bonds. The molecular weight excluding hydrogens is 240 g/mol. The van der Waals surface area contributed by atoms with E-state index >= 15 is 0 Å². The summed E-state index contributed by atoms with van der Waals surface area (Å²) in [5.41, 5.74) is 6.86. The first kappa shape index (κ1) is 13.9. The minimum Gasteiger partial charge on any atom is -0.399 e. The monoisotopic (exact) mass is 262 g/mol. The van der Waals surface area contributed by atoms with Gasteiger partial charge in [0.05, 0.1) is 24.7 Å². The zero-order chi connectivity index (χ0) is 14.0. The van der Waals surface area contributed by atoms with Crippen molar-refractivity contribution < 1.29 is 9.53 Å². The van der Waals surface area contributed by atoms with Crippen molar-refractivity contribution >= 4 is 11.6 Å². The Labute approximate surface area is 114 Å². The first-order valence-corrected chi connectivity index (χ1v) is 6.68. The summed E-state index contributed by atoms with van der Waals surface area (Å²) < 4.78 is 5.39. The lowest BCUT2D eigenvalue weighted by Crippen LogP contribution is -2.52. The Morgan fingerprint density at radius 2 is 2.00 bits per heavy atom. The highest BCUT2D eigenvalue weighted by molar-refractivity contribution is 5.87.